The van der Waals surface area contributed by atoms with Crippen LogP contribution in [0.2, 0.25) is 5.02 Å². The summed E-state index contributed by atoms with van der Waals surface area (Å²) in [6, 6.07) is 8.52. The predicted octanol–water partition coefficient (Wildman–Crippen LogP) is 3.70. The van der Waals surface area contributed by atoms with Crippen molar-refractivity contribution in [1.82, 2.24) is 4.98 Å². The lowest BCUT2D eigenvalue weighted by atomic mass is 10.2. The van der Waals surface area contributed by atoms with Gasteiger partial charge in [0.05, 0.1) is 18.7 Å². The van der Waals surface area contributed by atoms with Crippen LogP contribution >= 0.6 is 11.6 Å². The molecular weight excluding hydrogens is 304 g/mol. The summed E-state index contributed by atoms with van der Waals surface area (Å²) in [7, 11) is 1.50. The third-order valence-electron chi connectivity index (χ3n) is 2.91. The smallest absolute Gasteiger partial charge is 0.257 e. The number of carbonyl (C=O) groups is 1. The van der Waals surface area contributed by atoms with Crippen molar-refractivity contribution in [3.05, 3.63) is 46.6 Å². The van der Waals surface area contributed by atoms with Gasteiger partial charge in [-0.1, -0.05) is 17.7 Å². The van der Waals surface area contributed by atoms with Crippen molar-refractivity contribution in [2.24, 2.45) is 0 Å². The van der Waals surface area contributed by atoms with Crippen LogP contribution < -0.4 is 14.8 Å². The molecule has 5 nitrogen and oxygen atoms in total. The second-order valence-electron chi connectivity index (χ2n) is 4.54. The molecule has 0 spiro atoms. The van der Waals surface area contributed by atoms with E-state index in [0.717, 1.165) is 5.69 Å². The van der Waals surface area contributed by atoms with Crippen LogP contribution in [0.25, 0.3) is 0 Å². The van der Waals surface area contributed by atoms with E-state index in [2.05, 4.69) is 10.3 Å². The number of methoxy groups -OCH3 is 1. The van der Waals surface area contributed by atoms with Gasteiger partial charge in [-0.25, -0.2) is 4.98 Å². The van der Waals surface area contributed by atoms with E-state index in [1.54, 1.807) is 18.2 Å². The van der Waals surface area contributed by atoms with E-state index < -0.39 is 0 Å². The lowest BCUT2D eigenvalue weighted by Crippen LogP contribution is -2.13. The van der Waals surface area contributed by atoms with Crippen molar-refractivity contribution >= 4 is 23.3 Å². The minimum Gasteiger partial charge on any atom is -0.493 e. The van der Waals surface area contributed by atoms with Crippen molar-refractivity contribution in [2.75, 3.05) is 19.0 Å². The highest BCUT2D eigenvalue weighted by Crippen LogP contribution is 2.36. The SMILES string of the molecule is CCOc1c(Cl)cc(C(=O)Nc2cccc(C)n2)cc1OC. The highest BCUT2D eigenvalue weighted by Gasteiger charge is 2.16. The molecular formula is C16H17ClN2O3. The maximum atomic E-state index is 12.3. The molecule has 6 heteroatoms. The monoisotopic (exact) mass is 320 g/mol. The van der Waals surface area contributed by atoms with E-state index in [-0.39, 0.29) is 5.91 Å². The van der Waals surface area contributed by atoms with E-state index in [1.807, 2.05) is 26.0 Å². The Morgan fingerprint density at radius 1 is 1.36 bits per heavy atom. The standard InChI is InChI=1S/C16H17ClN2O3/c1-4-22-15-12(17)8-11(9-13(15)21-3)16(20)19-14-7-5-6-10(2)18-14/h5-9H,4H2,1-3H3,(H,18,19,20). The lowest BCUT2D eigenvalue weighted by Gasteiger charge is -2.13. The first-order valence-electron chi connectivity index (χ1n) is 6.80. The number of aromatic nitrogens is 1. The number of aryl methyl sites for hydroxylation is 1. The van der Waals surface area contributed by atoms with Crippen LogP contribution in [0.3, 0.4) is 0 Å². The summed E-state index contributed by atoms with van der Waals surface area (Å²) in [5, 5.41) is 3.05. The van der Waals surface area contributed by atoms with Crippen LogP contribution in [0, 0.1) is 6.92 Å². The zero-order chi connectivity index (χ0) is 16.1. The van der Waals surface area contributed by atoms with Crippen molar-refractivity contribution in [3.63, 3.8) is 0 Å². The fourth-order valence-electron chi connectivity index (χ4n) is 1.94. The molecule has 2 rings (SSSR count). The Bertz CT molecular complexity index is 689. The summed E-state index contributed by atoms with van der Waals surface area (Å²) in [6.07, 6.45) is 0. The Hall–Kier alpha value is -2.27. The second kappa shape index (κ2) is 7.13. The zero-order valence-corrected chi connectivity index (χ0v) is 13.4. The normalized spacial score (nSPS) is 10.2. The molecule has 0 unspecified atom stereocenters. The number of halogens is 1. The van der Waals surface area contributed by atoms with E-state index in [1.165, 1.54) is 7.11 Å². The molecule has 0 aliphatic heterocycles. The molecule has 0 saturated carbocycles. The Morgan fingerprint density at radius 2 is 2.14 bits per heavy atom. The molecule has 1 amide bonds. The van der Waals surface area contributed by atoms with Gasteiger partial charge in [0.2, 0.25) is 0 Å². The lowest BCUT2D eigenvalue weighted by molar-refractivity contribution is 0.102. The van der Waals surface area contributed by atoms with E-state index >= 15 is 0 Å². The van der Waals surface area contributed by atoms with Gasteiger partial charge in [0.15, 0.2) is 11.5 Å². The average Bonchev–Trinajstić information content (AvgIpc) is 2.49. The highest BCUT2D eigenvalue weighted by atomic mass is 35.5. The summed E-state index contributed by atoms with van der Waals surface area (Å²) >= 11 is 6.16. The van der Waals surface area contributed by atoms with Gasteiger partial charge in [-0.3, -0.25) is 4.79 Å². The topological polar surface area (TPSA) is 60.5 Å². The van der Waals surface area contributed by atoms with Crippen molar-refractivity contribution in [3.8, 4) is 11.5 Å². The molecule has 0 radical (unpaired) electrons. The molecule has 0 aliphatic carbocycles. The van der Waals surface area contributed by atoms with E-state index in [4.69, 9.17) is 21.1 Å². The third-order valence-corrected chi connectivity index (χ3v) is 3.19. The van der Waals surface area contributed by atoms with Gasteiger partial charge in [0.25, 0.3) is 5.91 Å². The first kappa shape index (κ1) is 16.1. The van der Waals surface area contributed by atoms with E-state index in [9.17, 15) is 4.79 Å². The maximum absolute atomic E-state index is 12.3. The summed E-state index contributed by atoms with van der Waals surface area (Å²) in [4.78, 5) is 16.5. The first-order chi connectivity index (χ1) is 10.5. The van der Waals surface area contributed by atoms with Crippen LogP contribution in [-0.2, 0) is 0 Å². The molecule has 0 bridgehead atoms. The number of nitrogens with one attached hydrogen (secondary N) is 1. The molecule has 1 heterocycles. The minimum atomic E-state index is -0.318. The summed E-state index contributed by atoms with van der Waals surface area (Å²) in [6.45, 7) is 4.15. The molecule has 2 aromatic rings. The second-order valence-corrected chi connectivity index (χ2v) is 4.95. The largest absolute Gasteiger partial charge is 0.493 e. The maximum Gasteiger partial charge on any atom is 0.257 e. The molecule has 1 aromatic heterocycles. The van der Waals surface area contributed by atoms with Gasteiger partial charge in [-0.15, -0.1) is 0 Å². The quantitative estimate of drug-likeness (QED) is 0.912. The number of hydrogen-bond acceptors (Lipinski definition) is 4. The number of amides is 1. The van der Waals surface area contributed by atoms with Gasteiger partial charge in [0, 0.05) is 11.3 Å². The van der Waals surface area contributed by atoms with Crippen LogP contribution in [0.4, 0.5) is 5.82 Å². The third kappa shape index (κ3) is 3.68. The van der Waals surface area contributed by atoms with E-state index in [0.29, 0.717) is 34.5 Å². The average molecular weight is 321 g/mol. The van der Waals surface area contributed by atoms with Crippen LogP contribution in [-0.4, -0.2) is 24.6 Å². The minimum absolute atomic E-state index is 0.318. The molecule has 22 heavy (non-hydrogen) atoms. The summed E-state index contributed by atoms with van der Waals surface area (Å²) in [5.41, 5.74) is 1.19. The molecule has 1 N–H and O–H groups in total. The summed E-state index contributed by atoms with van der Waals surface area (Å²) < 4.78 is 10.7. The van der Waals surface area contributed by atoms with Gasteiger partial charge in [0.1, 0.15) is 5.82 Å². The number of ether oxygens (including phenoxy) is 2. The summed E-state index contributed by atoms with van der Waals surface area (Å²) in [5.74, 6) is 1.00. The molecule has 116 valence electrons. The van der Waals surface area contributed by atoms with Crippen molar-refractivity contribution in [1.29, 1.82) is 0 Å². The van der Waals surface area contributed by atoms with Crippen molar-refractivity contribution < 1.29 is 14.3 Å². The first-order valence-corrected chi connectivity index (χ1v) is 7.18. The fraction of sp³-hybridized carbons (Fsp3) is 0.250. The number of hydrogen-bond donors (Lipinski definition) is 1. The Balaban J connectivity index is 2.28. The zero-order valence-electron chi connectivity index (χ0n) is 12.6. The van der Waals surface area contributed by atoms with Crippen LogP contribution in [0.1, 0.15) is 23.0 Å². The number of carbonyl (C=O) groups excluding carboxylic acids is 1. The Labute approximate surface area is 134 Å². The van der Waals surface area contributed by atoms with Crippen molar-refractivity contribution in [2.45, 2.75) is 13.8 Å². The number of benzene rings is 1. The van der Waals surface area contributed by atoms with Crippen LogP contribution in [0.15, 0.2) is 30.3 Å². The fourth-order valence-corrected chi connectivity index (χ4v) is 2.20. The van der Waals surface area contributed by atoms with Gasteiger partial charge < -0.3 is 14.8 Å². The predicted molar refractivity (Wildman–Crippen MR) is 86.1 cm³/mol. The number of anilines is 1. The molecule has 0 aliphatic rings. The highest BCUT2D eigenvalue weighted by molar-refractivity contribution is 6.32. The van der Waals surface area contributed by atoms with Gasteiger partial charge >= 0.3 is 0 Å². The molecule has 0 atom stereocenters. The van der Waals surface area contributed by atoms with Gasteiger partial charge in [-0.2, -0.15) is 0 Å². The van der Waals surface area contributed by atoms with Crippen LogP contribution in [0.5, 0.6) is 11.5 Å². The Kier molecular flexibility index (Phi) is 5.22. The Morgan fingerprint density at radius 3 is 2.77 bits per heavy atom. The van der Waals surface area contributed by atoms with Gasteiger partial charge in [-0.05, 0) is 38.1 Å². The number of nitrogens with zero attached hydrogens (tertiary/aromatic N) is 1. The number of rotatable bonds is 5. The molecule has 0 saturated heterocycles. The number of pyridine rings is 1. The molecule has 0 fully saturated rings. The molecule has 1 aromatic carbocycles.